The molecule has 0 aromatic carbocycles. The first-order valence-electron chi connectivity index (χ1n) is 10.5. The molecule has 0 aromatic heterocycles. The van der Waals surface area contributed by atoms with Gasteiger partial charge >= 0.3 is 0 Å². The molecule has 3 saturated carbocycles. The van der Waals surface area contributed by atoms with E-state index in [9.17, 15) is 9.59 Å². The van der Waals surface area contributed by atoms with Crippen LogP contribution in [0.1, 0.15) is 79.1 Å². The Morgan fingerprint density at radius 1 is 1.08 bits per heavy atom. The highest BCUT2D eigenvalue weighted by molar-refractivity contribution is 5.91. The second-order valence-electron chi connectivity index (χ2n) is 10.1. The van der Waals surface area contributed by atoms with Crippen LogP contribution in [0.15, 0.2) is 11.6 Å². The monoisotopic (exact) mass is 342 g/mol. The Kier molecular flexibility index (Phi) is 4.05. The molecule has 2 nitrogen and oxygen atoms in total. The van der Waals surface area contributed by atoms with Crippen LogP contribution < -0.4 is 0 Å². The van der Waals surface area contributed by atoms with Crippen LogP contribution in [0.25, 0.3) is 0 Å². The molecule has 0 saturated heterocycles. The van der Waals surface area contributed by atoms with Crippen LogP contribution in [-0.2, 0) is 9.59 Å². The third-order valence-electron chi connectivity index (χ3n) is 9.28. The summed E-state index contributed by atoms with van der Waals surface area (Å²) < 4.78 is 0. The lowest BCUT2D eigenvalue weighted by molar-refractivity contribution is -0.125. The number of hydrogen-bond donors (Lipinski definition) is 0. The number of carbonyl (C=O) groups is 2. The van der Waals surface area contributed by atoms with Crippen molar-refractivity contribution in [2.45, 2.75) is 79.1 Å². The van der Waals surface area contributed by atoms with E-state index in [4.69, 9.17) is 0 Å². The number of allylic oxidation sites excluding steroid dienone is 1. The number of carbonyl (C=O) groups excluding carboxylic acids is 2. The van der Waals surface area contributed by atoms with E-state index in [1.54, 1.807) is 6.92 Å². The van der Waals surface area contributed by atoms with Crippen LogP contribution in [0, 0.1) is 40.4 Å². The summed E-state index contributed by atoms with van der Waals surface area (Å²) in [6, 6.07) is 0. The summed E-state index contributed by atoms with van der Waals surface area (Å²) in [6.07, 6.45) is 11.3. The molecule has 4 aliphatic rings. The predicted octanol–water partition coefficient (Wildman–Crippen LogP) is 5.36. The quantitative estimate of drug-likeness (QED) is 0.677. The Bertz CT molecular complexity index is 632. The van der Waals surface area contributed by atoms with Gasteiger partial charge in [-0.1, -0.05) is 26.3 Å². The Morgan fingerprint density at radius 3 is 2.56 bits per heavy atom. The molecule has 0 amide bonds. The van der Waals surface area contributed by atoms with Crippen molar-refractivity contribution in [1.82, 2.24) is 0 Å². The van der Waals surface area contributed by atoms with Gasteiger partial charge in [0.2, 0.25) is 0 Å². The maximum absolute atomic E-state index is 12.1. The molecule has 0 heterocycles. The van der Waals surface area contributed by atoms with Crippen molar-refractivity contribution in [3.8, 4) is 0 Å². The van der Waals surface area contributed by atoms with Crippen LogP contribution in [0.2, 0.25) is 0 Å². The molecule has 0 aliphatic heterocycles. The van der Waals surface area contributed by atoms with Gasteiger partial charge in [0.05, 0.1) is 0 Å². The normalized spacial score (nSPS) is 47.4. The Balaban J connectivity index is 1.63. The second-order valence-corrected chi connectivity index (χ2v) is 10.1. The predicted molar refractivity (Wildman–Crippen MR) is 100 cm³/mol. The fourth-order valence-corrected chi connectivity index (χ4v) is 7.70. The molecule has 7 atom stereocenters. The van der Waals surface area contributed by atoms with Gasteiger partial charge in [-0.05, 0) is 92.4 Å². The molecular formula is C23H34O2. The van der Waals surface area contributed by atoms with Gasteiger partial charge in [0.25, 0.3) is 0 Å². The minimum Gasteiger partial charge on any atom is -0.300 e. The topological polar surface area (TPSA) is 34.1 Å². The average molecular weight is 343 g/mol. The lowest BCUT2D eigenvalue weighted by Crippen LogP contribution is -2.51. The minimum atomic E-state index is 0.216. The zero-order valence-electron chi connectivity index (χ0n) is 16.4. The molecule has 4 aliphatic carbocycles. The summed E-state index contributed by atoms with van der Waals surface area (Å²) >= 11 is 0. The van der Waals surface area contributed by atoms with E-state index in [2.05, 4.69) is 20.8 Å². The lowest BCUT2D eigenvalue weighted by Gasteiger charge is -2.58. The van der Waals surface area contributed by atoms with Crippen LogP contribution >= 0.6 is 0 Å². The fraction of sp³-hybridized carbons (Fsp3) is 0.826. The molecule has 0 N–H and O–H groups in total. The van der Waals surface area contributed by atoms with Gasteiger partial charge in [-0.25, -0.2) is 0 Å². The third kappa shape index (κ3) is 2.42. The SMILES string of the molecule is CC(=O)C(C)[C@H]1CCC2[C@@H]3CCC4=CC(=O)CC[C@]4(C)C3CC[C@@]21C. The summed E-state index contributed by atoms with van der Waals surface area (Å²) in [4.78, 5) is 24.0. The smallest absolute Gasteiger partial charge is 0.155 e. The first kappa shape index (κ1) is 17.5. The highest BCUT2D eigenvalue weighted by atomic mass is 16.1. The molecular weight excluding hydrogens is 308 g/mol. The fourth-order valence-electron chi connectivity index (χ4n) is 7.70. The molecule has 138 valence electrons. The lowest BCUT2D eigenvalue weighted by atomic mass is 9.46. The van der Waals surface area contributed by atoms with Crippen molar-refractivity contribution in [2.24, 2.45) is 40.4 Å². The third-order valence-corrected chi connectivity index (χ3v) is 9.28. The Hall–Kier alpha value is -0.920. The molecule has 3 fully saturated rings. The zero-order chi connectivity index (χ0) is 18.0. The van der Waals surface area contributed by atoms with Gasteiger partial charge in [-0.3, -0.25) is 9.59 Å². The van der Waals surface area contributed by atoms with Gasteiger partial charge < -0.3 is 0 Å². The van der Waals surface area contributed by atoms with E-state index in [-0.39, 0.29) is 11.3 Å². The number of Topliss-reactive ketones (excluding diaryl/α,β-unsaturated/α-hetero) is 1. The van der Waals surface area contributed by atoms with Crippen LogP contribution in [-0.4, -0.2) is 11.6 Å². The van der Waals surface area contributed by atoms with Crippen molar-refractivity contribution in [3.63, 3.8) is 0 Å². The number of rotatable bonds is 2. The van der Waals surface area contributed by atoms with Gasteiger partial charge in [-0.15, -0.1) is 0 Å². The van der Waals surface area contributed by atoms with E-state index in [1.807, 2.05) is 6.08 Å². The maximum atomic E-state index is 12.1. The van der Waals surface area contributed by atoms with E-state index in [1.165, 1.54) is 37.7 Å². The minimum absolute atomic E-state index is 0.216. The first-order chi connectivity index (χ1) is 11.8. The van der Waals surface area contributed by atoms with Gasteiger partial charge in [0.1, 0.15) is 5.78 Å². The van der Waals surface area contributed by atoms with Crippen LogP contribution in [0.5, 0.6) is 0 Å². The average Bonchev–Trinajstić information content (AvgIpc) is 2.92. The maximum Gasteiger partial charge on any atom is 0.155 e. The molecule has 0 bridgehead atoms. The van der Waals surface area contributed by atoms with Crippen LogP contribution in [0.4, 0.5) is 0 Å². The van der Waals surface area contributed by atoms with Crippen molar-refractivity contribution in [1.29, 1.82) is 0 Å². The molecule has 25 heavy (non-hydrogen) atoms. The van der Waals surface area contributed by atoms with E-state index in [0.29, 0.717) is 22.9 Å². The standard InChI is InChI=1S/C23H34O2/c1-14(15(2)24)19-7-8-20-18-6-5-16-13-17(25)9-11-22(16,3)21(18)10-12-23(19,20)4/h13-14,18-21H,5-12H2,1-4H3/t14?,18-,19+,20?,21?,22-,23+/m0/s1. The van der Waals surface area contributed by atoms with E-state index < -0.39 is 0 Å². The van der Waals surface area contributed by atoms with Gasteiger partial charge in [0, 0.05) is 12.3 Å². The van der Waals surface area contributed by atoms with Gasteiger partial charge in [0.15, 0.2) is 5.78 Å². The summed E-state index contributed by atoms with van der Waals surface area (Å²) in [5.41, 5.74) is 2.08. The second kappa shape index (κ2) is 5.79. The van der Waals surface area contributed by atoms with Crippen molar-refractivity contribution in [3.05, 3.63) is 11.6 Å². The van der Waals surface area contributed by atoms with Crippen molar-refractivity contribution < 1.29 is 9.59 Å². The molecule has 3 unspecified atom stereocenters. The van der Waals surface area contributed by atoms with E-state index >= 15 is 0 Å². The van der Waals surface area contributed by atoms with Crippen molar-refractivity contribution in [2.75, 3.05) is 0 Å². The first-order valence-corrected chi connectivity index (χ1v) is 10.5. The summed E-state index contributed by atoms with van der Waals surface area (Å²) in [5.74, 6) is 3.86. The summed E-state index contributed by atoms with van der Waals surface area (Å²) in [7, 11) is 0. The number of hydrogen-bond acceptors (Lipinski definition) is 2. The Morgan fingerprint density at radius 2 is 1.84 bits per heavy atom. The van der Waals surface area contributed by atoms with Gasteiger partial charge in [-0.2, -0.15) is 0 Å². The van der Waals surface area contributed by atoms with Crippen LogP contribution in [0.3, 0.4) is 0 Å². The molecule has 4 rings (SSSR count). The summed E-state index contributed by atoms with van der Waals surface area (Å²) in [5, 5.41) is 0. The molecule has 0 radical (unpaired) electrons. The molecule has 2 heteroatoms. The highest BCUT2D eigenvalue weighted by Gasteiger charge is 2.59. The summed E-state index contributed by atoms with van der Waals surface area (Å²) in [6.45, 7) is 8.91. The zero-order valence-corrected chi connectivity index (χ0v) is 16.4. The number of fused-ring (bicyclic) bond motifs is 5. The number of ketones is 2. The van der Waals surface area contributed by atoms with Crippen molar-refractivity contribution >= 4 is 11.6 Å². The Labute approximate surface area is 152 Å². The largest absolute Gasteiger partial charge is 0.300 e. The van der Waals surface area contributed by atoms with E-state index in [0.717, 1.165) is 37.0 Å². The highest BCUT2D eigenvalue weighted by Crippen LogP contribution is 2.67. The molecule has 0 aromatic rings. The molecule has 0 spiro atoms.